The summed E-state index contributed by atoms with van der Waals surface area (Å²) in [5.74, 6) is -0.0411. The molecule has 1 saturated carbocycles. The molecule has 20 heavy (non-hydrogen) atoms. The summed E-state index contributed by atoms with van der Waals surface area (Å²) in [6.45, 7) is 3.91. The summed E-state index contributed by atoms with van der Waals surface area (Å²) in [5, 5.41) is 7.11. The first-order valence-corrected chi connectivity index (χ1v) is 7.24. The Morgan fingerprint density at radius 2 is 2.25 bits per heavy atom. The van der Waals surface area contributed by atoms with Crippen molar-refractivity contribution in [2.45, 2.75) is 39.2 Å². The molecule has 1 atom stereocenters. The number of nitrogens with one attached hydrogen (secondary N) is 1. The number of aromatic nitrogens is 3. The molecule has 6 nitrogen and oxygen atoms in total. The second-order valence-electron chi connectivity index (χ2n) is 5.88. The molecule has 0 saturated heterocycles. The minimum absolute atomic E-state index is 0.0721. The fraction of sp³-hybridized carbons (Fsp3) is 0.786. The number of methoxy groups -OCH3 is 1. The minimum Gasteiger partial charge on any atom is -0.384 e. The third-order valence-corrected chi connectivity index (χ3v) is 4.13. The SMILES string of the molecule is COCC1(CNC(=O)C(C)Cn2cncn2)CCCC1. The lowest BCUT2D eigenvalue weighted by atomic mass is 9.87. The van der Waals surface area contributed by atoms with Gasteiger partial charge in [-0.2, -0.15) is 5.10 Å². The molecule has 1 N–H and O–H groups in total. The van der Waals surface area contributed by atoms with Gasteiger partial charge in [0.1, 0.15) is 12.7 Å². The van der Waals surface area contributed by atoms with Gasteiger partial charge in [0.25, 0.3) is 0 Å². The number of hydrogen-bond acceptors (Lipinski definition) is 4. The van der Waals surface area contributed by atoms with Gasteiger partial charge in [-0.1, -0.05) is 19.8 Å². The molecule has 0 aromatic carbocycles. The lowest BCUT2D eigenvalue weighted by Gasteiger charge is -2.28. The van der Waals surface area contributed by atoms with Gasteiger partial charge >= 0.3 is 0 Å². The molecule has 1 aliphatic carbocycles. The number of nitrogens with zero attached hydrogens (tertiary/aromatic N) is 3. The second kappa shape index (κ2) is 6.83. The Kier molecular flexibility index (Phi) is 5.11. The highest BCUT2D eigenvalue weighted by atomic mass is 16.5. The maximum absolute atomic E-state index is 12.2. The zero-order valence-corrected chi connectivity index (χ0v) is 12.3. The maximum Gasteiger partial charge on any atom is 0.224 e. The lowest BCUT2D eigenvalue weighted by Crippen LogP contribution is -2.41. The van der Waals surface area contributed by atoms with Gasteiger partial charge in [-0.3, -0.25) is 9.48 Å². The number of amides is 1. The number of rotatable bonds is 7. The molecule has 6 heteroatoms. The van der Waals surface area contributed by atoms with E-state index in [-0.39, 0.29) is 17.2 Å². The molecule has 1 heterocycles. The molecule has 1 unspecified atom stereocenters. The van der Waals surface area contributed by atoms with Gasteiger partial charge in [0, 0.05) is 19.1 Å². The normalized spacial score (nSPS) is 18.9. The summed E-state index contributed by atoms with van der Waals surface area (Å²) < 4.78 is 7.02. The summed E-state index contributed by atoms with van der Waals surface area (Å²) in [7, 11) is 1.73. The summed E-state index contributed by atoms with van der Waals surface area (Å²) in [6.07, 6.45) is 7.85. The second-order valence-corrected chi connectivity index (χ2v) is 5.88. The molecule has 1 aromatic rings. The fourth-order valence-electron chi connectivity index (χ4n) is 2.94. The van der Waals surface area contributed by atoms with Crippen LogP contribution in [-0.2, 0) is 16.1 Å². The van der Waals surface area contributed by atoms with Crippen molar-refractivity contribution in [1.82, 2.24) is 20.1 Å². The monoisotopic (exact) mass is 280 g/mol. The average Bonchev–Trinajstić information content (AvgIpc) is 3.09. The largest absolute Gasteiger partial charge is 0.384 e. The maximum atomic E-state index is 12.2. The van der Waals surface area contributed by atoms with Crippen molar-refractivity contribution in [3.8, 4) is 0 Å². The van der Waals surface area contributed by atoms with Crippen LogP contribution in [0.2, 0.25) is 0 Å². The number of ether oxygens (including phenoxy) is 1. The highest BCUT2D eigenvalue weighted by Gasteiger charge is 2.34. The Hall–Kier alpha value is -1.43. The van der Waals surface area contributed by atoms with Crippen LogP contribution in [0.15, 0.2) is 12.7 Å². The van der Waals surface area contributed by atoms with Crippen LogP contribution in [0.25, 0.3) is 0 Å². The lowest BCUT2D eigenvalue weighted by molar-refractivity contribution is -0.125. The summed E-state index contributed by atoms with van der Waals surface area (Å²) in [6, 6.07) is 0. The van der Waals surface area contributed by atoms with Gasteiger partial charge in [0.15, 0.2) is 0 Å². The van der Waals surface area contributed by atoms with E-state index in [2.05, 4.69) is 15.4 Å². The molecule has 0 spiro atoms. The van der Waals surface area contributed by atoms with E-state index in [9.17, 15) is 4.79 Å². The van der Waals surface area contributed by atoms with Crippen molar-refractivity contribution in [2.24, 2.45) is 11.3 Å². The molecule has 0 bridgehead atoms. The first-order valence-electron chi connectivity index (χ1n) is 7.24. The Bertz CT molecular complexity index is 413. The first-order chi connectivity index (χ1) is 9.65. The van der Waals surface area contributed by atoms with E-state index in [1.165, 1.54) is 19.2 Å². The molecular weight excluding hydrogens is 256 g/mol. The van der Waals surface area contributed by atoms with Gasteiger partial charge in [0.2, 0.25) is 5.91 Å². The van der Waals surface area contributed by atoms with Crippen LogP contribution >= 0.6 is 0 Å². The molecule has 1 fully saturated rings. The summed E-state index contributed by atoms with van der Waals surface area (Å²) in [5.41, 5.74) is 0.136. The van der Waals surface area contributed by atoms with Crippen LogP contribution in [0.4, 0.5) is 0 Å². The number of carbonyl (C=O) groups excluding carboxylic acids is 1. The van der Waals surface area contributed by atoms with Crippen molar-refractivity contribution < 1.29 is 9.53 Å². The summed E-state index contributed by atoms with van der Waals surface area (Å²) in [4.78, 5) is 16.0. The quantitative estimate of drug-likeness (QED) is 0.816. The Labute approximate surface area is 119 Å². The van der Waals surface area contributed by atoms with Gasteiger partial charge in [0.05, 0.1) is 19.1 Å². The van der Waals surface area contributed by atoms with Gasteiger partial charge in [-0.15, -0.1) is 0 Å². The Balaban J connectivity index is 1.81. The van der Waals surface area contributed by atoms with E-state index in [0.29, 0.717) is 13.1 Å². The fourth-order valence-corrected chi connectivity index (χ4v) is 2.94. The van der Waals surface area contributed by atoms with Crippen molar-refractivity contribution in [3.63, 3.8) is 0 Å². The van der Waals surface area contributed by atoms with Crippen molar-refractivity contribution in [2.75, 3.05) is 20.3 Å². The first kappa shape index (κ1) is 15.0. The van der Waals surface area contributed by atoms with E-state index in [1.54, 1.807) is 18.1 Å². The van der Waals surface area contributed by atoms with Crippen molar-refractivity contribution >= 4 is 5.91 Å². The Morgan fingerprint density at radius 3 is 2.85 bits per heavy atom. The van der Waals surface area contributed by atoms with Crippen LogP contribution in [0, 0.1) is 11.3 Å². The predicted octanol–water partition coefficient (Wildman–Crippen LogP) is 1.24. The molecule has 1 amide bonds. The van der Waals surface area contributed by atoms with Crippen LogP contribution in [0.1, 0.15) is 32.6 Å². The molecule has 1 aliphatic rings. The Morgan fingerprint density at radius 1 is 1.50 bits per heavy atom. The molecule has 2 rings (SSSR count). The predicted molar refractivity (Wildman–Crippen MR) is 75.0 cm³/mol. The van der Waals surface area contributed by atoms with Gasteiger partial charge < -0.3 is 10.1 Å². The van der Waals surface area contributed by atoms with Crippen molar-refractivity contribution in [3.05, 3.63) is 12.7 Å². The minimum atomic E-state index is -0.113. The van der Waals surface area contributed by atoms with E-state index in [0.717, 1.165) is 19.4 Å². The topological polar surface area (TPSA) is 69.0 Å². The third-order valence-electron chi connectivity index (χ3n) is 4.13. The van der Waals surface area contributed by atoms with Crippen molar-refractivity contribution in [1.29, 1.82) is 0 Å². The van der Waals surface area contributed by atoms with E-state index in [4.69, 9.17) is 4.74 Å². The number of carbonyl (C=O) groups is 1. The molecule has 1 aromatic heterocycles. The van der Waals surface area contributed by atoms with Crippen LogP contribution < -0.4 is 5.32 Å². The van der Waals surface area contributed by atoms with Crippen LogP contribution in [0.5, 0.6) is 0 Å². The van der Waals surface area contributed by atoms with E-state index in [1.807, 2.05) is 6.92 Å². The van der Waals surface area contributed by atoms with E-state index < -0.39 is 0 Å². The standard InChI is InChI=1S/C14H24N4O2/c1-12(7-18-11-15-10-17-18)13(19)16-8-14(9-20-2)5-3-4-6-14/h10-12H,3-9H2,1-2H3,(H,16,19). The highest BCUT2D eigenvalue weighted by Crippen LogP contribution is 2.37. The zero-order chi connectivity index (χ0) is 14.4. The number of hydrogen-bond donors (Lipinski definition) is 1. The molecule has 112 valence electrons. The van der Waals surface area contributed by atoms with Gasteiger partial charge in [-0.25, -0.2) is 4.98 Å². The molecular formula is C14H24N4O2. The summed E-state index contributed by atoms with van der Waals surface area (Å²) >= 11 is 0. The smallest absolute Gasteiger partial charge is 0.224 e. The van der Waals surface area contributed by atoms with Crippen LogP contribution in [-0.4, -0.2) is 40.9 Å². The van der Waals surface area contributed by atoms with E-state index >= 15 is 0 Å². The molecule has 0 radical (unpaired) electrons. The van der Waals surface area contributed by atoms with Gasteiger partial charge in [-0.05, 0) is 12.8 Å². The third kappa shape index (κ3) is 3.79. The zero-order valence-electron chi connectivity index (χ0n) is 12.3. The van der Waals surface area contributed by atoms with Crippen LogP contribution in [0.3, 0.4) is 0 Å². The average molecular weight is 280 g/mol. The molecule has 0 aliphatic heterocycles. The highest BCUT2D eigenvalue weighted by molar-refractivity contribution is 5.78.